The van der Waals surface area contributed by atoms with Crippen LogP contribution in [0.4, 0.5) is 0 Å². The van der Waals surface area contributed by atoms with Gasteiger partial charge in [-0.25, -0.2) is 0 Å². The normalized spacial score (nSPS) is 17.1. The first-order chi connectivity index (χ1) is 11.1. The molecule has 1 aromatic heterocycles. The molecule has 3 rings (SSSR count). The fourth-order valence-corrected chi connectivity index (χ4v) is 3.23. The minimum absolute atomic E-state index is 0.0176. The first-order valence-corrected chi connectivity index (χ1v) is 8.30. The summed E-state index contributed by atoms with van der Waals surface area (Å²) in [5, 5.41) is 3.84. The van der Waals surface area contributed by atoms with E-state index >= 15 is 0 Å². The van der Waals surface area contributed by atoms with Crippen LogP contribution in [0.3, 0.4) is 0 Å². The van der Waals surface area contributed by atoms with Crippen molar-refractivity contribution in [3.63, 3.8) is 0 Å². The van der Waals surface area contributed by atoms with Gasteiger partial charge in [0, 0.05) is 36.1 Å². The van der Waals surface area contributed by atoms with Crippen molar-refractivity contribution in [2.24, 2.45) is 0 Å². The lowest BCUT2D eigenvalue weighted by Gasteiger charge is -2.41. The van der Waals surface area contributed by atoms with Gasteiger partial charge in [0.05, 0.1) is 11.1 Å². The summed E-state index contributed by atoms with van der Waals surface area (Å²) in [6, 6.07) is 7.66. The second kappa shape index (κ2) is 6.67. The molecule has 1 atom stereocenters. The third-order valence-corrected chi connectivity index (χ3v) is 4.80. The minimum atomic E-state index is -0.402. The lowest BCUT2D eigenvalue weighted by Crippen LogP contribution is -2.51. The summed E-state index contributed by atoms with van der Waals surface area (Å²) in [6.45, 7) is 2.00. The molecule has 0 saturated heterocycles. The summed E-state index contributed by atoms with van der Waals surface area (Å²) >= 11 is 5.96. The molecule has 1 fully saturated rings. The molecule has 0 bridgehead atoms. The van der Waals surface area contributed by atoms with Crippen molar-refractivity contribution in [2.75, 3.05) is 0 Å². The number of nitrogens with one attached hydrogen (secondary N) is 1. The second-order valence-electron chi connectivity index (χ2n) is 6.22. The van der Waals surface area contributed by atoms with Crippen LogP contribution in [-0.4, -0.2) is 21.9 Å². The molecule has 4 nitrogen and oxygen atoms in total. The largest absolute Gasteiger partial charge is 0.352 e. The number of rotatable bonds is 5. The number of amides is 1. The van der Waals surface area contributed by atoms with Gasteiger partial charge in [-0.15, -0.1) is 0 Å². The molecular formula is C18H20ClN3O. The molecule has 120 valence electrons. The Bertz CT molecular complexity index is 668. The highest BCUT2D eigenvalue weighted by Gasteiger charge is 2.45. The van der Waals surface area contributed by atoms with Crippen LogP contribution < -0.4 is 5.32 Å². The number of aromatic nitrogens is 2. The summed E-state index contributed by atoms with van der Waals surface area (Å²) in [5.74, 6) is 0.0995. The molecule has 0 radical (unpaired) electrons. The van der Waals surface area contributed by atoms with E-state index in [2.05, 4.69) is 15.3 Å². The Labute approximate surface area is 141 Å². The Balaban J connectivity index is 1.69. The molecule has 2 aromatic rings. The van der Waals surface area contributed by atoms with Crippen LogP contribution in [0.5, 0.6) is 0 Å². The van der Waals surface area contributed by atoms with Crippen LogP contribution >= 0.6 is 11.6 Å². The van der Waals surface area contributed by atoms with E-state index in [1.54, 1.807) is 18.6 Å². The Morgan fingerprint density at radius 3 is 2.61 bits per heavy atom. The van der Waals surface area contributed by atoms with Crippen molar-refractivity contribution < 1.29 is 4.79 Å². The second-order valence-corrected chi connectivity index (χ2v) is 6.65. The van der Waals surface area contributed by atoms with Gasteiger partial charge in [0.15, 0.2) is 0 Å². The monoisotopic (exact) mass is 329 g/mol. The van der Waals surface area contributed by atoms with Crippen LogP contribution in [0.25, 0.3) is 0 Å². The summed E-state index contributed by atoms with van der Waals surface area (Å²) < 4.78 is 0. The molecule has 1 aliphatic rings. The van der Waals surface area contributed by atoms with Gasteiger partial charge in [-0.1, -0.05) is 30.2 Å². The predicted octanol–water partition coefficient (Wildman–Crippen LogP) is 3.30. The summed E-state index contributed by atoms with van der Waals surface area (Å²) in [5.41, 5.74) is 1.54. The predicted molar refractivity (Wildman–Crippen MR) is 90.3 cm³/mol. The fourth-order valence-electron chi connectivity index (χ4n) is 3.11. The molecule has 1 saturated carbocycles. The van der Waals surface area contributed by atoms with Gasteiger partial charge in [-0.2, -0.15) is 0 Å². The lowest BCUT2D eigenvalue weighted by atomic mass is 9.63. The Kier molecular flexibility index (Phi) is 4.62. The van der Waals surface area contributed by atoms with Crippen molar-refractivity contribution in [2.45, 2.75) is 44.1 Å². The highest BCUT2D eigenvalue weighted by molar-refractivity contribution is 6.30. The molecule has 23 heavy (non-hydrogen) atoms. The molecule has 1 aliphatic carbocycles. The molecule has 1 aromatic carbocycles. The van der Waals surface area contributed by atoms with Crippen LogP contribution in [0.15, 0.2) is 42.9 Å². The zero-order valence-electron chi connectivity index (χ0n) is 13.1. The smallest absolute Gasteiger partial charge is 0.230 e. The van der Waals surface area contributed by atoms with E-state index in [0.29, 0.717) is 11.4 Å². The standard InChI is InChI=1S/C18H20ClN3O/c1-13(11-16-12-20-9-10-21-16)22-17(23)18(7-2-8-18)14-3-5-15(19)6-4-14/h3-6,9-10,12-13H,2,7-8,11H2,1H3,(H,22,23)/t13-/m0/s1. The number of carbonyl (C=O) groups excluding carboxylic acids is 1. The van der Waals surface area contributed by atoms with Gasteiger partial charge in [0.25, 0.3) is 0 Å². The first-order valence-electron chi connectivity index (χ1n) is 7.92. The quantitative estimate of drug-likeness (QED) is 0.915. The van der Waals surface area contributed by atoms with E-state index in [9.17, 15) is 4.79 Å². The zero-order valence-corrected chi connectivity index (χ0v) is 13.9. The Morgan fingerprint density at radius 1 is 1.30 bits per heavy atom. The SMILES string of the molecule is C[C@@H](Cc1cnccn1)NC(=O)C1(c2ccc(Cl)cc2)CCC1. The van der Waals surface area contributed by atoms with Gasteiger partial charge in [0.1, 0.15) is 0 Å². The number of hydrogen-bond donors (Lipinski definition) is 1. The third-order valence-electron chi connectivity index (χ3n) is 4.55. The maximum atomic E-state index is 12.9. The van der Waals surface area contributed by atoms with E-state index in [1.807, 2.05) is 31.2 Å². The van der Waals surface area contributed by atoms with Gasteiger partial charge in [-0.05, 0) is 37.5 Å². The zero-order chi connectivity index (χ0) is 16.3. The average molecular weight is 330 g/mol. The highest BCUT2D eigenvalue weighted by Crippen LogP contribution is 2.44. The van der Waals surface area contributed by atoms with Crippen molar-refractivity contribution in [3.8, 4) is 0 Å². The maximum absolute atomic E-state index is 12.9. The number of carbonyl (C=O) groups is 1. The van der Waals surface area contributed by atoms with Gasteiger partial charge in [0.2, 0.25) is 5.91 Å². The molecule has 1 N–H and O–H groups in total. The fraction of sp³-hybridized carbons (Fsp3) is 0.389. The first kappa shape index (κ1) is 15.9. The lowest BCUT2D eigenvalue weighted by molar-refractivity contribution is -0.130. The van der Waals surface area contributed by atoms with Crippen molar-refractivity contribution in [1.29, 1.82) is 0 Å². The number of benzene rings is 1. The van der Waals surface area contributed by atoms with E-state index in [4.69, 9.17) is 11.6 Å². The van der Waals surface area contributed by atoms with Gasteiger partial charge < -0.3 is 5.32 Å². The molecule has 0 unspecified atom stereocenters. The average Bonchev–Trinajstić information content (AvgIpc) is 2.49. The molecule has 5 heteroatoms. The highest BCUT2D eigenvalue weighted by atomic mass is 35.5. The van der Waals surface area contributed by atoms with Crippen LogP contribution in [0, 0.1) is 0 Å². The van der Waals surface area contributed by atoms with Crippen molar-refractivity contribution >= 4 is 17.5 Å². The number of halogens is 1. The number of nitrogens with zero attached hydrogens (tertiary/aromatic N) is 2. The third kappa shape index (κ3) is 3.37. The summed E-state index contributed by atoms with van der Waals surface area (Å²) in [4.78, 5) is 21.2. The molecule has 0 spiro atoms. The van der Waals surface area contributed by atoms with E-state index < -0.39 is 5.41 Å². The number of hydrogen-bond acceptors (Lipinski definition) is 3. The topological polar surface area (TPSA) is 54.9 Å². The Hall–Kier alpha value is -1.94. The summed E-state index contributed by atoms with van der Waals surface area (Å²) in [7, 11) is 0. The van der Waals surface area contributed by atoms with Crippen molar-refractivity contribution in [3.05, 3.63) is 59.1 Å². The van der Waals surface area contributed by atoms with Crippen LogP contribution in [0.2, 0.25) is 5.02 Å². The van der Waals surface area contributed by atoms with E-state index in [1.165, 1.54) is 0 Å². The molecule has 1 heterocycles. The van der Waals surface area contributed by atoms with E-state index in [-0.39, 0.29) is 11.9 Å². The van der Waals surface area contributed by atoms with E-state index in [0.717, 1.165) is 30.5 Å². The molecule has 1 amide bonds. The summed E-state index contributed by atoms with van der Waals surface area (Å²) in [6.07, 6.45) is 8.59. The minimum Gasteiger partial charge on any atom is -0.352 e. The van der Waals surface area contributed by atoms with Crippen LogP contribution in [-0.2, 0) is 16.6 Å². The van der Waals surface area contributed by atoms with Gasteiger partial charge in [-0.3, -0.25) is 14.8 Å². The van der Waals surface area contributed by atoms with Gasteiger partial charge >= 0.3 is 0 Å². The van der Waals surface area contributed by atoms with Crippen molar-refractivity contribution in [1.82, 2.24) is 15.3 Å². The maximum Gasteiger partial charge on any atom is 0.230 e. The van der Waals surface area contributed by atoms with Crippen LogP contribution in [0.1, 0.15) is 37.4 Å². The Morgan fingerprint density at radius 2 is 2.04 bits per heavy atom. The molecule has 0 aliphatic heterocycles. The molecular weight excluding hydrogens is 310 g/mol.